The van der Waals surface area contributed by atoms with Gasteiger partial charge in [-0.3, -0.25) is 28.8 Å². The number of alkyl carbamates (subject to hydrolysis) is 1. The van der Waals surface area contributed by atoms with Crippen molar-refractivity contribution in [3.8, 4) is 11.1 Å². The normalized spacial score (nSPS) is 24.2. The Morgan fingerprint density at radius 3 is 2.04 bits per heavy atom. The van der Waals surface area contributed by atoms with Crippen LogP contribution in [-0.2, 0) is 63.8 Å². The standard InChI is InChI=1S/C68H89N7O18/c1-10-54(78)41(4)60-55(90-60)36-67(8,87)28-15-16-39(2)59-40(3)21-26-56(68(9,93-44(7)76)29-27-47(77)34-58(80)92-59)91-66(86)75-32-30-74(31-33-75)65(85)89-37-45-22-24-46(25-23-45)72-63(83)53(35-57(69)79)73-62(82)42(5)70-61(81)43(6)71-64(84)88-38-52-50-19-13-11-17-48(50)49-18-12-14-20-51(49)52/h11-26,28,40-43,47,52-56,59-60,77-78,87H,10,27,29-38H2,1-9H3,(H2,69,79)(H,70,81)(H,71,84)(H,72,83)(H,73,82)/b26-21+,28-15+,39-16+/t40-,41+,42-,43-,47+,53-,54-,55+,56-,59+,60+,67-,68+/m0/s1. The fraction of sp³-hybridized carbons (Fsp3) is 0.515. The van der Waals surface area contributed by atoms with Gasteiger partial charge in [-0.2, -0.15) is 0 Å². The molecule has 0 saturated carbocycles. The minimum Gasteiger partial charge on any atom is -0.457 e. The van der Waals surface area contributed by atoms with Crippen LogP contribution >= 0.6 is 0 Å². The number of esters is 2. The van der Waals surface area contributed by atoms with Crippen molar-refractivity contribution in [3.05, 3.63) is 125 Å². The molecule has 93 heavy (non-hydrogen) atoms. The van der Waals surface area contributed by atoms with Gasteiger partial charge < -0.3 is 80.5 Å². The van der Waals surface area contributed by atoms with Crippen LogP contribution in [0.3, 0.4) is 0 Å². The molecule has 3 aromatic carbocycles. The number of nitrogens with two attached hydrogens (primary N) is 1. The summed E-state index contributed by atoms with van der Waals surface area (Å²) in [7, 11) is 0. The second-order valence-electron chi connectivity index (χ2n) is 24.9. The molecule has 7 rings (SSSR count). The lowest BCUT2D eigenvalue weighted by Crippen LogP contribution is -2.55. The molecule has 3 aromatic rings. The summed E-state index contributed by atoms with van der Waals surface area (Å²) >= 11 is 0. The van der Waals surface area contributed by atoms with Gasteiger partial charge in [0.1, 0.15) is 43.0 Å². The van der Waals surface area contributed by atoms with Crippen molar-refractivity contribution in [1.29, 1.82) is 0 Å². The summed E-state index contributed by atoms with van der Waals surface area (Å²) in [5, 5.41) is 42.5. The Balaban J connectivity index is 0.871. The molecule has 504 valence electrons. The number of hydrogen-bond acceptors (Lipinski definition) is 18. The molecule has 3 heterocycles. The number of aliphatic hydroxyl groups is 3. The van der Waals surface area contributed by atoms with Crippen LogP contribution in [0.5, 0.6) is 0 Å². The largest absolute Gasteiger partial charge is 0.457 e. The molecular formula is C68H89N7O18. The number of primary amides is 1. The van der Waals surface area contributed by atoms with Crippen LogP contribution in [0, 0.1) is 11.8 Å². The lowest BCUT2D eigenvalue weighted by molar-refractivity contribution is -0.168. The number of cyclic esters (lactones) is 1. The second-order valence-corrected chi connectivity index (χ2v) is 24.9. The van der Waals surface area contributed by atoms with Gasteiger partial charge in [-0.05, 0) is 105 Å². The third-order valence-corrected chi connectivity index (χ3v) is 17.2. The minimum absolute atomic E-state index is 0.0101. The SMILES string of the molecule is CC[C@H](O)[C@@H](C)[C@H]1O[C@@H]1C[C@@](C)(O)/C=C/C=C(\C)[C@H]1OC(=O)C[C@H](O)CC[C@@](C)(OC(C)=O)[C@@H](OC(=O)N2CCN(C(=O)OCc3ccc(NC(=O)[C@H](CC(N)=O)NC(=O)[C@H](C)NC(=O)[C@H](C)NC(=O)OCC4c5ccccc5-c5ccccc54)cc3)CC2)/C=C/[C@@H]1C. The number of benzene rings is 3. The van der Waals surface area contributed by atoms with Crippen LogP contribution in [0.2, 0.25) is 0 Å². The monoisotopic (exact) mass is 1290 g/mol. The Hall–Kier alpha value is -8.65. The van der Waals surface area contributed by atoms with E-state index >= 15 is 0 Å². The first-order valence-corrected chi connectivity index (χ1v) is 31.5. The predicted molar refractivity (Wildman–Crippen MR) is 340 cm³/mol. The molecule has 0 unspecified atom stereocenters. The van der Waals surface area contributed by atoms with Crippen molar-refractivity contribution >= 4 is 59.5 Å². The average molecular weight is 1290 g/mol. The molecule has 25 nitrogen and oxygen atoms in total. The maximum atomic E-state index is 14.0. The number of ether oxygens (including phenoxy) is 6. The van der Waals surface area contributed by atoms with Crippen molar-refractivity contribution in [2.24, 2.45) is 17.6 Å². The van der Waals surface area contributed by atoms with E-state index in [4.69, 9.17) is 34.2 Å². The van der Waals surface area contributed by atoms with Gasteiger partial charge in [-0.1, -0.05) is 106 Å². The molecule has 4 aliphatic rings. The number of nitrogens with one attached hydrogen (secondary N) is 4. The summed E-state index contributed by atoms with van der Waals surface area (Å²) in [4.78, 5) is 121. The van der Waals surface area contributed by atoms with Crippen LogP contribution in [0.1, 0.15) is 123 Å². The van der Waals surface area contributed by atoms with Crippen LogP contribution in [0.15, 0.2) is 109 Å². The number of hydrogen-bond donors (Lipinski definition) is 8. The van der Waals surface area contributed by atoms with Crippen LogP contribution in [-0.4, -0.2) is 178 Å². The Morgan fingerprint density at radius 1 is 0.828 bits per heavy atom. The topological polar surface area (TPSA) is 354 Å². The van der Waals surface area contributed by atoms with Crippen molar-refractivity contribution < 1.29 is 86.9 Å². The number of carbonyl (C=O) groups excluding carboxylic acids is 9. The first-order chi connectivity index (χ1) is 44.0. The molecular weight excluding hydrogens is 1200 g/mol. The average Bonchev–Trinajstić information content (AvgIpc) is 1.64. The molecule has 0 spiro atoms. The van der Waals surface area contributed by atoms with Crippen molar-refractivity contribution in [2.45, 2.75) is 179 Å². The van der Waals surface area contributed by atoms with Gasteiger partial charge in [-0.25, -0.2) is 14.4 Å². The van der Waals surface area contributed by atoms with E-state index in [1.54, 1.807) is 70.2 Å². The minimum atomic E-state index is -1.51. The highest BCUT2D eigenvalue weighted by atomic mass is 16.6. The Morgan fingerprint density at radius 2 is 1.43 bits per heavy atom. The third-order valence-electron chi connectivity index (χ3n) is 17.2. The fourth-order valence-corrected chi connectivity index (χ4v) is 11.6. The Labute approximate surface area is 541 Å². The summed E-state index contributed by atoms with van der Waals surface area (Å²) in [6.45, 7) is 14.6. The van der Waals surface area contributed by atoms with E-state index in [-0.39, 0.29) is 88.4 Å². The van der Waals surface area contributed by atoms with Crippen molar-refractivity contribution in [3.63, 3.8) is 0 Å². The molecule has 2 saturated heterocycles. The van der Waals surface area contributed by atoms with Crippen LogP contribution < -0.4 is 27.0 Å². The number of carbonyl (C=O) groups is 9. The highest BCUT2D eigenvalue weighted by molar-refractivity contribution is 6.00. The maximum absolute atomic E-state index is 14.0. The number of piperazine rings is 1. The quantitative estimate of drug-likeness (QED) is 0.0178. The highest BCUT2D eigenvalue weighted by Crippen LogP contribution is 2.45. The highest BCUT2D eigenvalue weighted by Gasteiger charge is 2.48. The van der Waals surface area contributed by atoms with E-state index in [0.717, 1.165) is 22.3 Å². The number of epoxide rings is 1. The zero-order valence-corrected chi connectivity index (χ0v) is 54.2. The van der Waals surface area contributed by atoms with Gasteiger partial charge in [0.2, 0.25) is 23.6 Å². The van der Waals surface area contributed by atoms with Gasteiger partial charge in [0, 0.05) is 63.0 Å². The first kappa shape index (κ1) is 71.8. The molecule has 0 aromatic heterocycles. The molecule has 1 aliphatic carbocycles. The first-order valence-electron chi connectivity index (χ1n) is 31.5. The number of allylic oxidation sites excluding steroid dienone is 2. The molecule has 13 atom stereocenters. The van der Waals surface area contributed by atoms with E-state index in [9.17, 15) is 58.5 Å². The van der Waals surface area contributed by atoms with Gasteiger partial charge >= 0.3 is 30.2 Å². The smallest absolute Gasteiger partial charge is 0.410 e. The number of nitrogens with zero attached hydrogens (tertiary/aromatic N) is 2. The molecule has 0 radical (unpaired) electrons. The maximum Gasteiger partial charge on any atom is 0.410 e. The van der Waals surface area contributed by atoms with Crippen molar-refractivity contribution in [1.82, 2.24) is 25.8 Å². The second kappa shape index (κ2) is 32.3. The van der Waals surface area contributed by atoms with Gasteiger partial charge in [0.05, 0.1) is 42.9 Å². The fourth-order valence-electron chi connectivity index (χ4n) is 11.6. The van der Waals surface area contributed by atoms with Gasteiger partial charge in [0.15, 0.2) is 6.10 Å². The zero-order valence-electron chi connectivity index (χ0n) is 54.2. The molecule has 2 fully saturated rings. The summed E-state index contributed by atoms with van der Waals surface area (Å²) < 4.78 is 34.8. The molecule has 25 heteroatoms. The third kappa shape index (κ3) is 20.2. The summed E-state index contributed by atoms with van der Waals surface area (Å²) in [5.41, 5.74) is 8.20. The summed E-state index contributed by atoms with van der Waals surface area (Å²) in [6, 6.07) is 18.1. The van der Waals surface area contributed by atoms with Crippen LogP contribution in [0.4, 0.5) is 20.1 Å². The lowest BCUT2D eigenvalue weighted by Gasteiger charge is -2.38. The number of anilines is 1. The number of amides is 7. The zero-order chi connectivity index (χ0) is 67.9. The van der Waals surface area contributed by atoms with E-state index in [0.29, 0.717) is 24.0 Å². The van der Waals surface area contributed by atoms with Crippen LogP contribution in [0.25, 0.3) is 11.1 Å². The van der Waals surface area contributed by atoms with Crippen molar-refractivity contribution in [2.75, 3.05) is 38.1 Å². The molecule has 3 aliphatic heterocycles. The van der Waals surface area contributed by atoms with E-state index in [1.165, 1.54) is 42.7 Å². The molecule has 9 N–H and O–H groups in total. The molecule has 0 bridgehead atoms. The Kier molecular flexibility index (Phi) is 24.9. The lowest BCUT2D eigenvalue weighted by atomic mass is 9.88. The number of fused-ring (bicyclic) bond motifs is 3. The number of rotatable bonds is 23. The molecule has 7 amide bonds. The van der Waals surface area contributed by atoms with E-state index in [2.05, 4.69) is 21.3 Å². The summed E-state index contributed by atoms with van der Waals surface area (Å²) in [6.07, 6.45) is 1.71. The van der Waals surface area contributed by atoms with Gasteiger partial charge in [-0.15, -0.1) is 0 Å². The Bertz CT molecular complexity index is 3230. The van der Waals surface area contributed by atoms with E-state index < -0.39 is 120 Å². The van der Waals surface area contributed by atoms with E-state index in [1.807, 2.05) is 62.4 Å². The predicted octanol–water partition coefficient (Wildman–Crippen LogP) is 5.97. The van der Waals surface area contributed by atoms with Gasteiger partial charge in [0.25, 0.3) is 0 Å². The number of aliphatic hydroxyl groups excluding tert-OH is 2. The summed E-state index contributed by atoms with van der Waals surface area (Å²) in [5.74, 6) is -5.41.